The number of fused-ring (bicyclic) bond motifs is 1. The Kier molecular flexibility index (Phi) is 3.11. The zero-order valence-electron chi connectivity index (χ0n) is 12.3. The Balaban J connectivity index is 1.77. The van der Waals surface area contributed by atoms with Crippen LogP contribution in [0.15, 0.2) is 35.5 Å². The predicted octanol–water partition coefficient (Wildman–Crippen LogP) is 1.58. The molecule has 8 heteroatoms. The average molecular weight is 337 g/mol. The second-order valence-electron chi connectivity index (χ2n) is 6.17. The van der Waals surface area contributed by atoms with Gasteiger partial charge in [0.25, 0.3) is 5.16 Å². The molecule has 1 aromatic carbocycles. The van der Waals surface area contributed by atoms with Crippen molar-refractivity contribution < 1.29 is 17.9 Å². The predicted molar refractivity (Wildman–Crippen MR) is 79.3 cm³/mol. The zero-order chi connectivity index (χ0) is 16.2. The molecule has 2 aromatic rings. The molecule has 1 aliphatic heterocycles. The Morgan fingerprint density at radius 2 is 2.00 bits per heavy atom. The van der Waals surface area contributed by atoms with E-state index >= 15 is 0 Å². The minimum Gasteiger partial charge on any atom is -0.395 e. The summed E-state index contributed by atoms with van der Waals surface area (Å²) in [6.45, 7) is -0.458. The van der Waals surface area contributed by atoms with E-state index in [0.29, 0.717) is 12.8 Å². The van der Waals surface area contributed by atoms with Gasteiger partial charge >= 0.3 is 0 Å². The molecule has 1 fully saturated rings. The van der Waals surface area contributed by atoms with Crippen LogP contribution in [0.2, 0.25) is 0 Å². The fourth-order valence-electron chi connectivity index (χ4n) is 3.07. The molecule has 4 rings (SSSR count). The van der Waals surface area contributed by atoms with E-state index in [-0.39, 0.29) is 23.4 Å². The first-order valence-corrected chi connectivity index (χ1v) is 8.98. The van der Waals surface area contributed by atoms with Crippen LogP contribution in [0.3, 0.4) is 0 Å². The molecule has 23 heavy (non-hydrogen) atoms. The third-order valence-electron chi connectivity index (χ3n) is 4.73. The maximum Gasteiger partial charge on any atom is 0.267 e. The Hall–Kier alpha value is -1.80. The average Bonchev–Trinajstić information content (AvgIpc) is 3.15. The first kappa shape index (κ1) is 14.8. The van der Waals surface area contributed by atoms with Crippen LogP contribution >= 0.6 is 0 Å². The van der Waals surface area contributed by atoms with Gasteiger partial charge in [-0.25, -0.2) is 17.5 Å². The second-order valence-corrected chi connectivity index (χ2v) is 8.41. The molecule has 0 radical (unpaired) electrons. The van der Waals surface area contributed by atoms with Crippen molar-refractivity contribution in [2.24, 2.45) is 0 Å². The van der Waals surface area contributed by atoms with Crippen LogP contribution < -0.4 is 0 Å². The van der Waals surface area contributed by atoms with Crippen molar-refractivity contribution in [3.63, 3.8) is 0 Å². The van der Waals surface area contributed by atoms with Gasteiger partial charge in [0.1, 0.15) is 4.75 Å². The third kappa shape index (κ3) is 2.05. The fraction of sp³-hybridized carbons (Fsp3) is 0.467. The van der Waals surface area contributed by atoms with Gasteiger partial charge in [0, 0.05) is 6.42 Å². The molecule has 1 saturated carbocycles. The van der Waals surface area contributed by atoms with Crippen molar-refractivity contribution in [1.29, 1.82) is 0 Å². The van der Waals surface area contributed by atoms with Crippen LogP contribution in [-0.4, -0.2) is 39.6 Å². The molecular weight excluding hydrogens is 321 g/mol. The van der Waals surface area contributed by atoms with Crippen molar-refractivity contribution in [2.45, 2.75) is 41.4 Å². The van der Waals surface area contributed by atoms with Crippen molar-refractivity contribution in [3.8, 4) is 0 Å². The number of hydrogen-bond donors (Lipinski definition) is 1. The molecule has 1 aliphatic carbocycles. The normalized spacial score (nSPS) is 25.3. The van der Waals surface area contributed by atoms with E-state index in [2.05, 4.69) is 10.1 Å². The van der Waals surface area contributed by atoms with E-state index in [9.17, 15) is 17.9 Å². The first-order valence-electron chi connectivity index (χ1n) is 7.49. The smallest absolute Gasteiger partial charge is 0.267 e. The van der Waals surface area contributed by atoms with Crippen molar-refractivity contribution >= 4 is 9.84 Å². The molecule has 122 valence electrons. The van der Waals surface area contributed by atoms with Crippen molar-refractivity contribution in [3.05, 3.63) is 41.7 Å². The Bertz CT molecular complexity index is 846. The van der Waals surface area contributed by atoms with Crippen LogP contribution in [-0.2, 0) is 9.84 Å². The topological polar surface area (TPSA) is 85.1 Å². The second kappa shape index (κ2) is 4.85. The molecule has 0 amide bonds. The highest BCUT2D eigenvalue weighted by Crippen LogP contribution is 2.47. The minimum absolute atomic E-state index is 0.0474. The van der Waals surface area contributed by atoms with E-state index in [1.807, 2.05) is 30.3 Å². The standard InChI is InChI=1S/C15H16FN3O3S/c16-11-8-12(10-4-2-1-3-5-10)19-13(11)17-14(18-19)23(21,22)15(9-20)6-7-15/h1-5,11-12,20H,6-9H2/t11-,12-/m0/s1. The molecule has 1 N–H and O–H groups in total. The molecule has 1 aromatic heterocycles. The maximum absolute atomic E-state index is 14.3. The summed E-state index contributed by atoms with van der Waals surface area (Å²) in [6, 6.07) is 8.92. The summed E-state index contributed by atoms with van der Waals surface area (Å²) in [6.07, 6.45) is -0.376. The third-order valence-corrected chi connectivity index (χ3v) is 7.07. The Morgan fingerprint density at radius 1 is 1.30 bits per heavy atom. The highest BCUT2D eigenvalue weighted by Gasteiger charge is 2.57. The number of alkyl halides is 1. The summed E-state index contributed by atoms with van der Waals surface area (Å²) in [7, 11) is -3.84. The molecule has 0 unspecified atom stereocenters. The lowest BCUT2D eigenvalue weighted by Crippen LogP contribution is -2.28. The van der Waals surface area contributed by atoms with Gasteiger partial charge in [-0.1, -0.05) is 30.3 Å². The van der Waals surface area contributed by atoms with Gasteiger partial charge in [-0.05, 0) is 18.4 Å². The lowest BCUT2D eigenvalue weighted by atomic mass is 10.0. The quantitative estimate of drug-likeness (QED) is 0.915. The molecule has 0 bridgehead atoms. The number of aromatic nitrogens is 3. The molecule has 2 atom stereocenters. The highest BCUT2D eigenvalue weighted by molar-refractivity contribution is 7.93. The van der Waals surface area contributed by atoms with Gasteiger partial charge < -0.3 is 5.11 Å². The minimum atomic E-state index is -3.84. The van der Waals surface area contributed by atoms with Crippen LogP contribution in [0, 0.1) is 0 Å². The number of sulfone groups is 1. The Morgan fingerprint density at radius 3 is 2.61 bits per heavy atom. The van der Waals surface area contributed by atoms with E-state index in [4.69, 9.17) is 0 Å². The van der Waals surface area contributed by atoms with Crippen molar-refractivity contribution in [1.82, 2.24) is 14.8 Å². The van der Waals surface area contributed by atoms with Gasteiger partial charge in [0.15, 0.2) is 12.0 Å². The number of nitrogens with zero attached hydrogens (tertiary/aromatic N) is 3. The van der Waals surface area contributed by atoms with E-state index in [0.717, 1.165) is 5.56 Å². The summed E-state index contributed by atoms with van der Waals surface area (Å²) in [5.41, 5.74) is 0.867. The Labute approximate surface area is 132 Å². The number of benzene rings is 1. The van der Waals surface area contributed by atoms with Crippen LogP contribution in [0.5, 0.6) is 0 Å². The van der Waals surface area contributed by atoms with Gasteiger partial charge in [0.2, 0.25) is 9.84 Å². The summed E-state index contributed by atoms with van der Waals surface area (Å²) in [4.78, 5) is 3.95. The molecule has 0 spiro atoms. The summed E-state index contributed by atoms with van der Waals surface area (Å²) in [5.74, 6) is 0.0474. The van der Waals surface area contributed by atoms with Gasteiger partial charge in [-0.15, -0.1) is 5.10 Å². The number of rotatable bonds is 4. The highest BCUT2D eigenvalue weighted by atomic mass is 32.2. The summed E-state index contributed by atoms with van der Waals surface area (Å²) >= 11 is 0. The zero-order valence-corrected chi connectivity index (χ0v) is 13.1. The molecule has 6 nitrogen and oxygen atoms in total. The first-order chi connectivity index (χ1) is 11.0. The SMILES string of the molecule is O=S(=O)(c1nc2n(n1)[C@H](c1ccccc1)C[C@@H]2F)C1(CO)CC1. The summed E-state index contributed by atoms with van der Waals surface area (Å²) < 4.78 is 39.6. The van der Waals surface area contributed by atoms with E-state index in [1.165, 1.54) is 4.68 Å². The molecular formula is C15H16FN3O3S. The van der Waals surface area contributed by atoms with E-state index < -0.39 is 27.4 Å². The molecule has 2 heterocycles. The molecule has 0 saturated heterocycles. The number of aliphatic hydroxyl groups is 1. The van der Waals surface area contributed by atoms with Crippen LogP contribution in [0.25, 0.3) is 0 Å². The monoisotopic (exact) mass is 337 g/mol. The van der Waals surface area contributed by atoms with E-state index in [1.54, 1.807) is 0 Å². The molecule has 2 aliphatic rings. The number of hydrogen-bond acceptors (Lipinski definition) is 5. The fourth-order valence-corrected chi connectivity index (χ4v) is 4.68. The number of halogens is 1. The van der Waals surface area contributed by atoms with Crippen LogP contribution in [0.4, 0.5) is 4.39 Å². The van der Waals surface area contributed by atoms with Crippen molar-refractivity contribution in [2.75, 3.05) is 6.61 Å². The maximum atomic E-state index is 14.3. The number of aliphatic hydroxyl groups excluding tert-OH is 1. The lowest BCUT2D eigenvalue weighted by Gasteiger charge is -2.12. The lowest BCUT2D eigenvalue weighted by molar-refractivity contribution is 0.283. The van der Waals surface area contributed by atoms with Gasteiger partial charge in [-0.3, -0.25) is 0 Å². The van der Waals surface area contributed by atoms with Gasteiger partial charge in [0.05, 0.1) is 12.6 Å². The van der Waals surface area contributed by atoms with Gasteiger partial charge in [-0.2, -0.15) is 4.98 Å². The summed E-state index contributed by atoms with van der Waals surface area (Å²) in [5, 5.41) is 13.1. The largest absolute Gasteiger partial charge is 0.395 e. The van der Waals surface area contributed by atoms with Crippen LogP contribution in [0.1, 0.15) is 42.9 Å².